The van der Waals surface area contributed by atoms with E-state index in [1.54, 1.807) is 11.8 Å². The number of anilines is 1. The minimum Gasteiger partial charge on any atom is -0.494 e. The van der Waals surface area contributed by atoms with Crippen molar-refractivity contribution in [3.63, 3.8) is 0 Å². The maximum Gasteiger partial charge on any atom is 0.189 e. The van der Waals surface area contributed by atoms with Gasteiger partial charge >= 0.3 is 0 Å². The molecule has 1 N–H and O–H groups in total. The molecule has 0 spiro atoms. The monoisotopic (exact) mass is 358 g/mol. The van der Waals surface area contributed by atoms with Crippen LogP contribution in [0.3, 0.4) is 0 Å². The van der Waals surface area contributed by atoms with Crippen LogP contribution in [-0.4, -0.2) is 35.9 Å². The Hall–Kier alpha value is -1.79. The van der Waals surface area contributed by atoms with Gasteiger partial charge in [0.2, 0.25) is 0 Å². The number of hydrogen-bond acceptors (Lipinski definition) is 6. The summed E-state index contributed by atoms with van der Waals surface area (Å²) in [6.07, 6.45) is 6.47. The van der Waals surface area contributed by atoms with Crippen molar-refractivity contribution in [3.8, 4) is 5.75 Å². The Morgan fingerprint density at radius 2 is 1.92 bits per heavy atom. The molecule has 1 aromatic carbocycles. The Kier molecular flexibility index (Phi) is 6.53. The summed E-state index contributed by atoms with van der Waals surface area (Å²) in [4.78, 5) is 11.6. The van der Waals surface area contributed by atoms with E-state index in [2.05, 4.69) is 21.3 Å². The number of rotatable bonds is 8. The van der Waals surface area contributed by atoms with Gasteiger partial charge in [-0.2, -0.15) is 0 Å². The molecule has 2 aromatic rings. The van der Waals surface area contributed by atoms with E-state index in [1.807, 2.05) is 37.6 Å². The fourth-order valence-corrected chi connectivity index (χ4v) is 3.42. The predicted octanol–water partition coefficient (Wildman–Crippen LogP) is 3.49. The SMILES string of the molecule is CCOc1ccccc1CNCc1cnc(SC)nc1N1CCCC1. The van der Waals surface area contributed by atoms with E-state index in [9.17, 15) is 0 Å². The molecule has 1 fully saturated rings. The zero-order valence-corrected chi connectivity index (χ0v) is 15.8. The zero-order chi connectivity index (χ0) is 17.5. The van der Waals surface area contributed by atoms with E-state index in [1.165, 1.54) is 18.4 Å². The van der Waals surface area contributed by atoms with Gasteiger partial charge in [0, 0.05) is 43.5 Å². The molecule has 25 heavy (non-hydrogen) atoms. The van der Waals surface area contributed by atoms with Crippen LogP contribution in [0.1, 0.15) is 30.9 Å². The quantitative estimate of drug-likeness (QED) is 0.576. The molecule has 0 atom stereocenters. The first-order chi connectivity index (χ1) is 12.3. The molecular weight excluding hydrogens is 332 g/mol. The summed E-state index contributed by atoms with van der Waals surface area (Å²) in [6.45, 7) is 6.38. The van der Waals surface area contributed by atoms with Crippen LogP contribution in [0.4, 0.5) is 5.82 Å². The summed E-state index contributed by atoms with van der Waals surface area (Å²) in [5, 5.41) is 4.36. The maximum absolute atomic E-state index is 5.70. The number of nitrogens with zero attached hydrogens (tertiary/aromatic N) is 3. The number of para-hydroxylation sites is 1. The molecule has 2 heterocycles. The summed E-state index contributed by atoms with van der Waals surface area (Å²) in [6, 6.07) is 8.18. The van der Waals surface area contributed by atoms with E-state index in [0.29, 0.717) is 6.61 Å². The summed E-state index contributed by atoms with van der Waals surface area (Å²) in [5.41, 5.74) is 2.34. The lowest BCUT2D eigenvalue weighted by Crippen LogP contribution is -2.23. The number of aromatic nitrogens is 2. The van der Waals surface area contributed by atoms with Crippen LogP contribution in [0.25, 0.3) is 0 Å². The number of hydrogen-bond donors (Lipinski definition) is 1. The normalized spacial score (nSPS) is 14.1. The number of nitrogens with one attached hydrogen (secondary N) is 1. The molecule has 1 aromatic heterocycles. The molecule has 0 amide bonds. The van der Waals surface area contributed by atoms with Crippen molar-refractivity contribution < 1.29 is 4.74 Å². The van der Waals surface area contributed by atoms with E-state index in [-0.39, 0.29) is 0 Å². The molecule has 0 radical (unpaired) electrons. The first-order valence-electron chi connectivity index (χ1n) is 8.88. The van der Waals surface area contributed by atoms with Gasteiger partial charge in [-0.1, -0.05) is 30.0 Å². The molecule has 0 aliphatic carbocycles. The van der Waals surface area contributed by atoms with Crippen LogP contribution in [-0.2, 0) is 13.1 Å². The van der Waals surface area contributed by atoms with Crippen molar-refractivity contribution in [2.45, 2.75) is 38.0 Å². The van der Waals surface area contributed by atoms with Gasteiger partial charge in [0.1, 0.15) is 11.6 Å². The van der Waals surface area contributed by atoms with E-state index in [0.717, 1.165) is 48.5 Å². The van der Waals surface area contributed by atoms with Gasteiger partial charge in [0.25, 0.3) is 0 Å². The fourth-order valence-electron chi connectivity index (χ4n) is 3.09. The third kappa shape index (κ3) is 4.64. The second-order valence-corrected chi connectivity index (χ2v) is 6.82. The molecule has 1 aliphatic heterocycles. The summed E-state index contributed by atoms with van der Waals surface area (Å²) >= 11 is 1.59. The van der Waals surface area contributed by atoms with E-state index < -0.39 is 0 Å². The van der Waals surface area contributed by atoms with Gasteiger partial charge in [-0.15, -0.1) is 0 Å². The van der Waals surface area contributed by atoms with Crippen molar-refractivity contribution in [1.29, 1.82) is 0 Å². The predicted molar refractivity (Wildman–Crippen MR) is 103 cm³/mol. The topological polar surface area (TPSA) is 50.3 Å². The Labute approximate surface area is 154 Å². The molecule has 5 nitrogen and oxygen atoms in total. The van der Waals surface area contributed by atoms with Crippen molar-refractivity contribution in [2.75, 3.05) is 30.9 Å². The van der Waals surface area contributed by atoms with E-state index >= 15 is 0 Å². The second-order valence-electron chi connectivity index (χ2n) is 6.04. The van der Waals surface area contributed by atoms with Crippen molar-refractivity contribution >= 4 is 17.6 Å². The lowest BCUT2D eigenvalue weighted by molar-refractivity contribution is 0.335. The molecule has 0 saturated carbocycles. The third-order valence-corrected chi connectivity index (χ3v) is 4.87. The maximum atomic E-state index is 5.70. The smallest absolute Gasteiger partial charge is 0.189 e. The fraction of sp³-hybridized carbons (Fsp3) is 0.474. The number of thioether (sulfide) groups is 1. The van der Waals surface area contributed by atoms with Crippen molar-refractivity contribution in [1.82, 2.24) is 15.3 Å². The highest BCUT2D eigenvalue weighted by molar-refractivity contribution is 7.98. The Bertz CT molecular complexity index is 689. The Morgan fingerprint density at radius 1 is 1.16 bits per heavy atom. The minimum atomic E-state index is 0.681. The Balaban J connectivity index is 1.68. The van der Waals surface area contributed by atoms with Gasteiger partial charge in [0.15, 0.2) is 5.16 Å². The average molecular weight is 359 g/mol. The first kappa shape index (κ1) is 18.0. The Morgan fingerprint density at radius 3 is 2.68 bits per heavy atom. The largest absolute Gasteiger partial charge is 0.494 e. The van der Waals surface area contributed by atoms with E-state index in [4.69, 9.17) is 9.72 Å². The van der Waals surface area contributed by atoms with Crippen molar-refractivity contribution in [2.24, 2.45) is 0 Å². The molecule has 1 saturated heterocycles. The molecule has 3 rings (SSSR count). The van der Waals surface area contributed by atoms with Crippen LogP contribution < -0.4 is 15.0 Å². The van der Waals surface area contributed by atoms with Crippen LogP contribution in [0.5, 0.6) is 5.75 Å². The van der Waals surface area contributed by atoms with Crippen LogP contribution in [0.2, 0.25) is 0 Å². The highest BCUT2D eigenvalue weighted by Gasteiger charge is 2.18. The first-order valence-corrected chi connectivity index (χ1v) is 10.1. The number of benzene rings is 1. The van der Waals surface area contributed by atoms with Crippen LogP contribution in [0, 0.1) is 0 Å². The van der Waals surface area contributed by atoms with Gasteiger partial charge in [-0.05, 0) is 32.1 Å². The summed E-state index contributed by atoms with van der Waals surface area (Å²) in [7, 11) is 0. The molecule has 0 unspecified atom stereocenters. The summed E-state index contributed by atoms with van der Waals surface area (Å²) < 4.78 is 5.70. The summed E-state index contributed by atoms with van der Waals surface area (Å²) in [5.74, 6) is 2.04. The zero-order valence-electron chi connectivity index (χ0n) is 15.0. The van der Waals surface area contributed by atoms with Gasteiger partial charge < -0.3 is 15.0 Å². The third-order valence-electron chi connectivity index (χ3n) is 4.31. The second kappa shape index (κ2) is 9.06. The highest BCUT2D eigenvalue weighted by Crippen LogP contribution is 2.24. The molecule has 6 heteroatoms. The molecular formula is C19H26N4OS. The van der Waals surface area contributed by atoms with Gasteiger partial charge in [-0.25, -0.2) is 9.97 Å². The molecule has 1 aliphatic rings. The standard InChI is InChI=1S/C19H26N4OS/c1-3-24-17-9-5-4-8-15(17)12-20-13-16-14-21-19(25-2)22-18(16)23-10-6-7-11-23/h4-5,8-9,14,20H,3,6-7,10-13H2,1-2H3. The average Bonchev–Trinajstić information content (AvgIpc) is 3.18. The highest BCUT2D eigenvalue weighted by atomic mass is 32.2. The molecule has 134 valence electrons. The van der Waals surface area contributed by atoms with Crippen LogP contribution in [0.15, 0.2) is 35.6 Å². The van der Waals surface area contributed by atoms with Crippen molar-refractivity contribution in [3.05, 3.63) is 41.6 Å². The molecule has 0 bridgehead atoms. The van der Waals surface area contributed by atoms with Gasteiger partial charge in [-0.3, -0.25) is 0 Å². The lowest BCUT2D eigenvalue weighted by atomic mass is 10.2. The van der Waals surface area contributed by atoms with Gasteiger partial charge in [0.05, 0.1) is 6.61 Å². The minimum absolute atomic E-state index is 0.681. The van der Waals surface area contributed by atoms with Crippen LogP contribution >= 0.6 is 11.8 Å². The lowest BCUT2D eigenvalue weighted by Gasteiger charge is -2.20. The number of ether oxygens (including phenoxy) is 1.